The number of ether oxygens (including phenoxy) is 1. The van der Waals surface area contributed by atoms with Crippen molar-refractivity contribution < 1.29 is 4.74 Å². The van der Waals surface area contributed by atoms with E-state index in [0.29, 0.717) is 0 Å². The Hall–Kier alpha value is -2.32. The van der Waals surface area contributed by atoms with E-state index in [1.54, 1.807) is 0 Å². The first-order chi connectivity index (χ1) is 11.4. The number of nitrogens with zero attached hydrogens (tertiary/aromatic N) is 1. The van der Waals surface area contributed by atoms with Gasteiger partial charge in [0.25, 0.3) is 0 Å². The van der Waals surface area contributed by atoms with E-state index in [1.807, 2.05) is 0 Å². The SMILES string of the molecule is c1ccc(CN2CCC(Oc3cccc4ccccc34)C2)cc1. The summed E-state index contributed by atoms with van der Waals surface area (Å²) in [5.74, 6) is 1.01. The van der Waals surface area contributed by atoms with Crippen molar-refractivity contribution in [2.45, 2.75) is 19.1 Å². The summed E-state index contributed by atoms with van der Waals surface area (Å²) < 4.78 is 6.31. The lowest BCUT2D eigenvalue weighted by Crippen LogP contribution is -2.24. The topological polar surface area (TPSA) is 12.5 Å². The lowest BCUT2D eigenvalue weighted by molar-refractivity contribution is 0.200. The van der Waals surface area contributed by atoms with Crippen LogP contribution in [0.5, 0.6) is 5.75 Å². The fourth-order valence-electron chi connectivity index (χ4n) is 3.36. The van der Waals surface area contributed by atoms with Crippen molar-refractivity contribution in [3.8, 4) is 5.75 Å². The van der Waals surface area contributed by atoms with Gasteiger partial charge in [0.05, 0.1) is 0 Å². The first-order valence-electron chi connectivity index (χ1n) is 8.29. The van der Waals surface area contributed by atoms with Crippen molar-refractivity contribution in [1.82, 2.24) is 4.90 Å². The highest BCUT2D eigenvalue weighted by Crippen LogP contribution is 2.28. The molecule has 0 N–H and O–H groups in total. The molecule has 1 aliphatic heterocycles. The smallest absolute Gasteiger partial charge is 0.127 e. The second-order valence-corrected chi connectivity index (χ2v) is 6.23. The highest BCUT2D eigenvalue weighted by molar-refractivity contribution is 5.88. The zero-order chi connectivity index (χ0) is 15.5. The van der Waals surface area contributed by atoms with Crippen LogP contribution in [0.3, 0.4) is 0 Å². The van der Waals surface area contributed by atoms with Crippen LogP contribution in [-0.2, 0) is 6.54 Å². The lowest BCUT2D eigenvalue weighted by atomic mass is 10.1. The number of rotatable bonds is 4. The Labute approximate surface area is 137 Å². The van der Waals surface area contributed by atoms with Gasteiger partial charge in [0, 0.05) is 25.0 Å². The summed E-state index contributed by atoms with van der Waals surface area (Å²) in [6.07, 6.45) is 1.38. The monoisotopic (exact) mass is 303 g/mol. The van der Waals surface area contributed by atoms with Gasteiger partial charge in [0.2, 0.25) is 0 Å². The van der Waals surface area contributed by atoms with Crippen LogP contribution < -0.4 is 4.74 Å². The molecule has 1 unspecified atom stereocenters. The zero-order valence-corrected chi connectivity index (χ0v) is 13.2. The zero-order valence-electron chi connectivity index (χ0n) is 13.2. The maximum Gasteiger partial charge on any atom is 0.127 e. The number of hydrogen-bond acceptors (Lipinski definition) is 2. The summed E-state index contributed by atoms with van der Waals surface area (Å²) in [6.45, 7) is 3.11. The highest BCUT2D eigenvalue weighted by Gasteiger charge is 2.24. The predicted molar refractivity (Wildman–Crippen MR) is 94.7 cm³/mol. The van der Waals surface area contributed by atoms with Crippen molar-refractivity contribution in [2.24, 2.45) is 0 Å². The normalized spacial score (nSPS) is 18.3. The molecule has 3 aromatic carbocycles. The van der Waals surface area contributed by atoms with Gasteiger partial charge < -0.3 is 4.74 Å². The minimum atomic E-state index is 0.282. The van der Waals surface area contributed by atoms with Gasteiger partial charge in [-0.2, -0.15) is 0 Å². The second-order valence-electron chi connectivity index (χ2n) is 6.23. The third-order valence-electron chi connectivity index (χ3n) is 4.52. The Balaban J connectivity index is 1.44. The largest absolute Gasteiger partial charge is 0.488 e. The summed E-state index contributed by atoms with van der Waals surface area (Å²) in [5.41, 5.74) is 1.37. The van der Waals surface area contributed by atoms with E-state index < -0.39 is 0 Å². The van der Waals surface area contributed by atoms with E-state index in [4.69, 9.17) is 4.74 Å². The van der Waals surface area contributed by atoms with E-state index in [-0.39, 0.29) is 6.10 Å². The molecule has 0 bridgehead atoms. The maximum atomic E-state index is 6.31. The molecular formula is C21H21NO. The molecule has 0 aromatic heterocycles. The predicted octanol–water partition coefficient (Wildman–Crippen LogP) is 4.49. The summed E-state index contributed by atoms with van der Waals surface area (Å²) in [6, 6.07) is 25.4. The molecule has 1 fully saturated rings. The van der Waals surface area contributed by atoms with Gasteiger partial charge in [0.15, 0.2) is 0 Å². The Bertz CT molecular complexity index is 779. The molecule has 1 atom stereocenters. The minimum Gasteiger partial charge on any atom is -0.488 e. The molecule has 116 valence electrons. The van der Waals surface area contributed by atoms with Crippen LogP contribution >= 0.6 is 0 Å². The Morgan fingerprint density at radius 2 is 1.65 bits per heavy atom. The van der Waals surface area contributed by atoms with Gasteiger partial charge in [-0.05, 0) is 23.4 Å². The first kappa shape index (κ1) is 14.3. The molecule has 1 heterocycles. The molecule has 1 aliphatic rings. The van der Waals surface area contributed by atoms with E-state index in [9.17, 15) is 0 Å². The molecule has 1 saturated heterocycles. The highest BCUT2D eigenvalue weighted by atomic mass is 16.5. The van der Waals surface area contributed by atoms with Crippen LogP contribution in [0.15, 0.2) is 72.8 Å². The Morgan fingerprint density at radius 1 is 0.870 bits per heavy atom. The van der Waals surface area contributed by atoms with E-state index in [0.717, 1.165) is 31.8 Å². The maximum absolute atomic E-state index is 6.31. The lowest BCUT2D eigenvalue weighted by Gasteiger charge is -2.18. The summed E-state index contributed by atoms with van der Waals surface area (Å²) in [5, 5.41) is 2.45. The van der Waals surface area contributed by atoms with Crippen LogP contribution in [0.1, 0.15) is 12.0 Å². The molecule has 3 aromatic rings. The number of likely N-dealkylation sites (tertiary alicyclic amines) is 1. The molecule has 23 heavy (non-hydrogen) atoms. The standard InChI is InChI=1S/C21H21NO/c1-2-7-17(8-3-1)15-22-14-13-19(16-22)23-21-12-6-10-18-9-4-5-11-20(18)21/h1-12,19H,13-16H2. The van der Waals surface area contributed by atoms with Crippen molar-refractivity contribution in [1.29, 1.82) is 0 Å². The fraction of sp³-hybridized carbons (Fsp3) is 0.238. The van der Waals surface area contributed by atoms with Crippen molar-refractivity contribution in [3.05, 3.63) is 78.4 Å². The summed E-state index contributed by atoms with van der Waals surface area (Å²) in [4.78, 5) is 2.48. The minimum absolute atomic E-state index is 0.282. The third kappa shape index (κ3) is 3.22. The Kier molecular flexibility index (Phi) is 3.99. The quantitative estimate of drug-likeness (QED) is 0.704. The van der Waals surface area contributed by atoms with Gasteiger partial charge in [-0.15, -0.1) is 0 Å². The Morgan fingerprint density at radius 3 is 2.57 bits per heavy atom. The van der Waals surface area contributed by atoms with Gasteiger partial charge in [-0.3, -0.25) is 4.90 Å². The molecule has 0 amide bonds. The van der Waals surface area contributed by atoms with Crippen LogP contribution in [0.2, 0.25) is 0 Å². The van der Waals surface area contributed by atoms with E-state index >= 15 is 0 Å². The molecule has 0 radical (unpaired) electrons. The first-order valence-corrected chi connectivity index (χ1v) is 8.29. The molecule has 0 saturated carbocycles. The van der Waals surface area contributed by atoms with E-state index in [1.165, 1.54) is 16.3 Å². The van der Waals surface area contributed by atoms with Crippen LogP contribution in [0, 0.1) is 0 Å². The fourth-order valence-corrected chi connectivity index (χ4v) is 3.36. The van der Waals surface area contributed by atoms with Gasteiger partial charge >= 0.3 is 0 Å². The summed E-state index contributed by atoms with van der Waals surface area (Å²) >= 11 is 0. The van der Waals surface area contributed by atoms with Crippen LogP contribution in [0.25, 0.3) is 10.8 Å². The molecule has 4 rings (SSSR count). The number of fused-ring (bicyclic) bond motifs is 1. The number of benzene rings is 3. The molecule has 0 spiro atoms. The third-order valence-corrected chi connectivity index (χ3v) is 4.52. The molecule has 2 nitrogen and oxygen atoms in total. The molecule has 2 heteroatoms. The van der Waals surface area contributed by atoms with Gasteiger partial charge in [-0.1, -0.05) is 66.7 Å². The van der Waals surface area contributed by atoms with Crippen LogP contribution in [0.4, 0.5) is 0 Å². The van der Waals surface area contributed by atoms with Crippen molar-refractivity contribution >= 4 is 10.8 Å². The van der Waals surface area contributed by atoms with Gasteiger partial charge in [-0.25, -0.2) is 0 Å². The van der Waals surface area contributed by atoms with Crippen LogP contribution in [-0.4, -0.2) is 24.1 Å². The molecular weight excluding hydrogens is 282 g/mol. The second kappa shape index (κ2) is 6.43. The average Bonchev–Trinajstić information content (AvgIpc) is 3.03. The van der Waals surface area contributed by atoms with E-state index in [2.05, 4.69) is 77.7 Å². The average molecular weight is 303 g/mol. The van der Waals surface area contributed by atoms with Gasteiger partial charge in [0.1, 0.15) is 11.9 Å². The van der Waals surface area contributed by atoms with Crippen molar-refractivity contribution in [3.63, 3.8) is 0 Å². The molecule has 0 aliphatic carbocycles. The number of hydrogen-bond donors (Lipinski definition) is 0. The summed E-state index contributed by atoms with van der Waals surface area (Å²) in [7, 11) is 0. The van der Waals surface area contributed by atoms with Crippen molar-refractivity contribution in [2.75, 3.05) is 13.1 Å².